The lowest BCUT2D eigenvalue weighted by Gasteiger charge is -2.36. The van der Waals surface area contributed by atoms with Crippen LogP contribution in [0.1, 0.15) is 31.2 Å². The van der Waals surface area contributed by atoms with Gasteiger partial charge < -0.3 is 25.0 Å². The molecule has 2 aliphatic heterocycles. The number of rotatable bonds is 12. The van der Waals surface area contributed by atoms with Crippen LogP contribution < -0.4 is 15.5 Å². The third-order valence-corrected chi connectivity index (χ3v) is 6.29. The summed E-state index contributed by atoms with van der Waals surface area (Å²) in [5.74, 6) is 1.48. The zero-order valence-corrected chi connectivity index (χ0v) is 20.2. The number of guanidine groups is 1. The van der Waals surface area contributed by atoms with Crippen molar-refractivity contribution in [1.29, 1.82) is 0 Å². The molecule has 180 valence electrons. The standard InChI is InChI=1S/C25H43N5O2/c1-22-7-5-8-24(19-22)30-15-13-29(14-16-30)12-4-3-10-27-25(26-2)28-11-6-17-31-20-23-9-18-32-21-23/h5,7-8,19,23H,3-4,6,9-18,20-21H2,1-2H3,(H2,26,27,28). The van der Waals surface area contributed by atoms with Crippen LogP contribution in [0, 0.1) is 12.8 Å². The van der Waals surface area contributed by atoms with E-state index in [2.05, 4.69) is 56.6 Å². The average molecular weight is 446 g/mol. The fourth-order valence-electron chi connectivity index (χ4n) is 4.29. The molecular weight excluding hydrogens is 402 g/mol. The van der Waals surface area contributed by atoms with Crippen molar-refractivity contribution < 1.29 is 9.47 Å². The zero-order chi connectivity index (χ0) is 22.4. The molecule has 1 aromatic carbocycles. The van der Waals surface area contributed by atoms with Crippen LogP contribution in [0.3, 0.4) is 0 Å². The van der Waals surface area contributed by atoms with Crippen LogP contribution in [0.4, 0.5) is 5.69 Å². The van der Waals surface area contributed by atoms with Gasteiger partial charge in [0.1, 0.15) is 0 Å². The van der Waals surface area contributed by atoms with Gasteiger partial charge in [0.25, 0.3) is 0 Å². The summed E-state index contributed by atoms with van der Waals surface area (Å²) < 4.78 is 11.1. The van der Waals surface area contributed by atoms with E-state index in [1.54, 1.807) is 0 Å². The Morgan fingerprint density at radius 1 is 1.12 bits per heavy atom. The quantitative estimate of drug-likeness (QED) is 0.293. The Kier molecular flexibility index (Phi) is 11.1. The van der Waals surface area contributed by atoms with E-state index in [1.807, 2.05) is 7.05 Å². The summed E-state index contributed by atoms with van der Waals surface area (Å²) >= 11 is 0. The van der Waals surface area contributed by atoms with Crippen molar-refractivity contribution in [2.45, 2.75) is 32.6 Å². The number of benzene rings is 1. The highest BCUT2D eigenvalue weighted by atomic mass is 16.5. The molecule has 1 aromatic rings. The molecular formula is C25H43N5O2. The van der Waals surface area contributed by atoms with Crippen LogP contribution in [0.15, 0.2) is 29.3 Å². The molecule has 2 N–H and O–H groups in total. The lowest BCUT2D eigenvalue weighted by atomic mass is 10.1. The number of nitrogens with zero attached hydrogens (tertiary/aromatic N) is 3. The van der Waals surface area contributed by atoms with Crippen molar-refractivity contribution in [2.75, 3.05) is 84.2 Å². The Balaban J connectivity index is 1.16. The molecule has 0 saturated carbocycles. The summed E-state index contributed by atoms with van der Waals surface area (Å²) in [7, 11) is 1.83. The van der Waals surface area contributed by atoms with Crippen molar-refractivity contribution in [3.63, 3.8) is 0 Å². The number of hydrogen-bond acceptors (Lipinski definition) is 5. The number of anilines is 1. The highest BCUT2D eigenvalue weighted by Crippen LogP contribution is 2.18. The van der Waals surface area contributed by atoms with E-state index in [-0.39, 0.29) is 0 Å². The molecule has 2 fully saturated rings. The highest BCUT2D eigenvalue weighted by molar-refractivity contribution is 5.79. The van der Waals surface area contributed by atoms with Crippen LogP contribution in [-0.4, -0.2) is 90.1 Å². The maximum absolute atomic E-state index is 5.75. The Morgan fingerprint density at radius 3 is 2.66 bits per heavy atom. The van der Waals surface area contributed by atoms with Gasteiger partial charge in [-0.3, -0.25) is 9.89 Å². The van der Waals surface area contributed by atoms with E-state index in [9.17, 15) is 0 Å². The van der Waals surface area contributed by atoms with Gasteiger partial charge in [-0.2, -0.15) is 0 Å². The molecule has 7 heteroatoms. The van der Waals surface area contributed by atoms with Crippen LogP contribution >= 0.6 is 0 Å². The summed E-state index contributed by atoms with van der Waals surface area (Å²) in [6.07, 6.45) is 4.50. The fourth-order valence-corrected chi connectivity index (χ4v) is 4.29. The van der Waals surface area contributed by atoms with Gasteiger partial charge in [-0.15, -0.1) is 0 Å². The van der Waals surface area contributed by atoms with Gasteiger partial charge in [-0.1, -0.05) is 12.1 Å². The van der Waals surface area contributed by atoms with Gasteiger partial charge in [0, 0.05) is 71.1 Å². The number of nitrogens with one attached hydrogen (secondary N) is 2. The van der Waals surface area contributed by atoms with Crippen LogP contribution in [0.25, 0.3) is 0 Å². The molecule has 0 radical (unpaired) electrons. The predicted molar refractivity (Wildman–Crippen MR) is 133 cm³/mol. The first kappa shape index (κ1) is 24.8. The topological polar surface area (TPSA) is 61.4 Å². The van der Waals surface area contributed by atoms with Crippen LogP contribution in [-0.2, 0) is 9.47 Å². The predicted octanol–water partition coefficient (Wildman–Crippen LogP) is 2.51. The average Bonchev–Trinajstić information content (AvgIpc) is 3.33. The number of unbranched alkanes of at least 4 members (excludes halogenated alkanes) is 1. The summed E-state index contributed by atoms with van der Waals surface area (Å²) in [5, 5.41) is 6.81. The first-order valence-electron chi connectivity index (χ1n) is 12.4. The van der Waals surface area contributed by atoms with Gasteiger partial charge >= 0.3 is 0 Å². The maximum atomic E-state index is 5.75. The molecule has 7 nitrogen and oxygen atoms in total. The van der Waals surface area contributed by atoms with Crippen LogP contribution in [0.5, 0.6) is 0 Å². The molecule has 2 saturated heterocycles. The van der Waals surface area contributed by atoms with Gasteiger partial charge in [0.15, 0.2) is 5.96 Å². The van der Waals surface area contributed by atoms with Gasteiger partial charge in [-0.05, 0) is 56.8 Å². The molecule has 0 amide bonds. The number of aryl methyl sites for hydroxylation is 1. The largest absolute Gasteiger partial charge is 0.381 e. The Bertz CT molecular complexity index is 670. The number of ether oxygens (including phenoxy) is 2. The van der Waals surface area contributed by atoms with Crippen molar-refractivity contribution >= 4 is 11.6 Å². The highest BCUT2D eigenvalue weighted by Gasteiger charge is 2.17. The first-order chi connectivity index (χ1) is 15.7. The second-order valence-electron chi connectivity index (χ2n) is 8.96. The molecule has 0 aromatic heterocycles. The van der Waals surface area contributed by atoms with Crippen molar-refractivity contribution in [1.82, 2.24) is 15.5 Å². The Labute approximate surface area is 194 Å². The lowest BCUT2D eigenvalue weighted by molar-refractivity contribution is 0.0888. The molecule has 1 unspecified atom stereocenters. The third kappa shape index (κ3) is 8.96. The third-order valence-electron chi connectivity index (χ3n) is 6.29. The second-order valence-corrected chi connectivity index (χ2v) is 8.96. The molecule has 3 rings (SSSR count). The summed E-state index contributed by atoms with van der Waals surface area (Å²) in [6.45, 7) is 13.1. The molecule has 32 heavy (non-hydrogen) atoms. The normalized spacial score (nSPS) is 20.0. The molecule has 0 spiro atoms. The minimum absolute atomic E-state index is 0.592. The van der Waals surface area contributed by atoms with E-state index in [4.69, 9.17) is 9.47 Å². The van der Waals surface area contributed by atoms with E-state index < -0.39 is 0 Å². The minimum atomic E-state index is 0.592. The first-order valence-corrected chi connectivity index (χ1v) is 12.4. The van der Waals surface area contributed by atoms with E-state index >= 15 is 0 Å². The number of piperazine rings is 1. The van der Waals surface area contributed by atoms with Gasteiger partial charge in [0.05, 0.1) is 13.2 Å². The monoisotopic (exact) mass is 445 g/mol. The molecule has 0 aliphatic carbocycles. The van der Waals surface area contributed by atoms with E-state index in [0.29, 0.717) is 5.92 Å². The van der Waals surface area contributed by atoms with Crippen molar-refractivity contribution in [3.05, 3.63) is 29.8 Å². The van der Waals surface area contributed by atoms with Crippen molar-refractivity contribution in [3.8, 4) is 0 Å². The Hall–Kier alpha value is -1.83. The van der Waals surface area contributed by atoms with Crippen molar-refractivity contribution in [2.24, 2.45) is 10.9 Å². The van der Waals surface area contributed by atoms with Gasteiger partial charge in [0.2, 0.25) is 0 Å². The van der Waals surface area contributed by atoms with Gasteiger partial charge in [-0.25, -0.2) is 0 Å². The Morgan fingerprint density at radius 2 is 1.94 bits per heavy atom. The maximum Gasteiger partial charge on any atom is 0.190 e. The number of hydrogen-bond donors (Lipinski definition) is 2. The molecule has 1 atom stereocenters. The summed E-state index contributed by atoms with van der Waals surface area (Å²) in [4.78, 5) is 9.42. The minimum Gasteiger partial charge on any atom is -0.381 e. The van der Waals surface area contributed by atoms with Crippen LogP contribution in [0.2, 0.25) is 0 Å². The van der Waals surface area contributed by atoms with E-state index in [0.717, 1.165) is 90.9 Å². The number of aliphatic imine (C=N–C) groups is 1. The zero-order valence-electron chi connectivity index (χ0n) is 20.2. The smallest absolute Gasteiger partial charge is 0.190 e. The summed E-state index contributed by atoms with van der Waals surface area (Å²) in [5.41, 5.74) is 2.70. The molecule has 2 aliphatic rings. The lowest BCUT2D eigenvalue weighted by Crippen LogP contribution is -2.46. The SMILES string of the molecule is CN=C(NCCCCN1CCN(c2cccc(C)c2)CC1)NCCCOCC1CCOC1. The van der Waals surface area contributed by atoms with E-state index in [1.165, 1.54) is 24.2 Å². The molecule has 0 bridgehead atoms. The summed E-state index contributed by atoms with van der Waals surface area (Å²) in [6, 6.07) is 8.85. The fraction of sp³-hybridized carbons (Fsp3) is 0.720. The molecule has 2 heterocycles. The second kappa shape index (κ2) is 14.3.